The fraction of sp³-hybridized carbons (Fsp3) is 0.0909. The second-order valence-electron chi connectivity index (χ2n) is 3.57. The van der Waals surface area contributed by atoms with E-state index in [4.69, 9.17) is 4.74 Å². The van der Waals surface area contributed by atoms with Crippen LogP contribution in [0.25, 0.3) is 21.1 Å². The van der Waals surface area contributed by atoms with Crippen molar-refractivity contribution in [3.63, 3.8) is 0 Å². The molecule has 0 radical (unpaired) electrons. The van der Waals surface area contributed by atoms with E-state index < -0.39 is 0 Å². The van der Waals surface area contributed by atoms with Gasteiger partial charge in [0.15, 0.2) is 0 Å². The van der Waals surface area contributed by atoms with Gasteiger partial charge in [-0.1, -0.05) is 6.07 Å². The van der Waals surface area contributed by atoms with Gasteiger partial charge >= 0.3 is 0 Å². The second kappa shape index (κ2) is 4.47. The average Bonchev–Trinajstić information content (AvgIpc) is 2.71. The van der Waals surface area contributed by atoms with E-state index in [1.54, 1.807) is 18.2 Å². The third-order valence-corrected chi connectivity index (χ3v) is 3.45. The molecule has 0 saturated carbocycles. The standard InChI is InChI=1S/C11H8N2O3S.ClH/c1-16-6-4-2-3-5-8(6)12-11-7(9(5)14)10(15)13-17-11;/h2-4H,1H3,(H,12,14)(H,13,15);1H. The van der Waals surface area contributed by atoms with Crippen molar-refractivity contribution in [1.82, 2.24) is 9.36 Å². The summed E-state index contributed by atoms with van der Waals surface area (Å²) < 4.78 is 7.73. The molecule has 0 bridgehead atoms. The number of benzene rings is 1. The first kappa shape index (κ1) is 12.7. The molecule has 18 heavy (non-hydrogen) atoms. The van der Waals surface area contributed by atoms with Crippen molar-refractivity contribution in [3.8, 4) is 5.75 Å². The van der Waals surface area contributed by atoms with Gasteiger partial charge in [0, 0.05) is 0 Å². The van der Waals surface area contributed by atoms with Gasteiger partial charge in [-0.3, -0.25) is 14.0 Å². The minimum atomic E-state index is -0.351. The molecular formula is C11H9ClN2O3S. The van der Waals surface area contributed by atoms with Crippen LogP contribution in [0.1, 0.15) is 0 Å². The average molecular weight is 285 g/mol. The van der Waals surface area contributed by atoms with Gasteiger partial charge in [0.05, 0.1) is 18.0 Å². The van der Waals surface area contributed by atoms with E-state index in [2.05, 4.69) is 9.36 Å². The SMILES string of the molecule is COc1cccc2c(=O)c3c(=O)[nH]sc3[nH]c12.Cl. The number of hydrogen-bond donors (Lipinski definition) is 2. The number of rotatable bonds is 1. The molecule has 3 aromatic rings. The Balaban J connectivity index is 0.00000120. The molecular weight excluding hydrogens is 276 g/mol. The topological polar surface area (TPSA) is 75.0 Å². The highest BCUT2D eigenvalue weighted by molar-refractivity contribution is 7.12. The fourth-order valence-corrected chi connectivity index (χ4v) is 2.60. The van der Waals surface area contributed by atoms with E-state index in [0.29, 0.717) is 21.5 Å². The highest BCUT2D eigenvalue weighted by Gasteiger charge is 2.12. The first-order valence-electron chi connectivity index (χ1n) is 4.92. The molecule has 0 aliphatic rings. The molecule has 3 rings (SSSR count). The summed E-state index contributed by atoms with van der Waals surface area (Å²) in [6.07, 6.45) is 0. The van der Waals surface area contributed by atoms with E-state index in [1.165, 1.54) is 7.11 Å². The van der Waals surface area contributed by atoms with Gasteiger partial charge in [0.25, 0.3) is 5.56 Å². The number of aromatic nitrogens is 2. The molecule has 0 unspecified atom stereocenters. The van der Waals surface area contributed by atoms with Gasteiger partial charge in [-0.2, -0.15) is 0 Å². The summed E-state index contributed by atoms with van der Waals surface area (Å²) in [4.78, 5) is 27.2. The molecule has 0 aliphatic heterocycles. The summed E-state index contributed by atoms with van der Waals surface area (Å²) in [6, 6.07) is 5.16. The zero-order valence-corrected chi connectivity index (χ0v) is 10.9. The molecule has 94 valence electrons. The molecule has 1 aromatic carbocycles. The molecule has 0 amide bonds. The van der Waals surface area contributed by atoms with Crippen LogP contribution in [0, 0.1) is 0 Å². The Morgan fingerprint density at radius 3 is 2.78 bits per heavy atom. The molecule has 0 spiro atoms. The first-order valence-corrected chi connectivity index (χ1v) is 5.74. The molecule has 7 heteroatoms. The maximum atomic E-state index is 12.1. The zero-order valence-electron chi connectivity index (χ0n) is 9.27. The maximum absolute atomic E-state index is 12.1. The van der Waals surface area contributed by atoms with Crippen LogP contribution in [-0.2, 0) is 0 Å². The number of para-hydroxylation sites is 1. The molecule has 0 atom stereocenters. The summed E-state index contributed by atoms with van der Waals surface area (Å²) in [6.45, 7) is 0. The Morgan fingerprint density at radius 1 is 1.28 bits per heavy atom. The van der Waals surface area contributed by atoms with Crippen molar-refractivity contribution < 1.29 is 4.74 Å². The normalized spacial score (nSPS) is 10.5. The molecule has 2 aromatic heterocycles. The van der Waals surface area contributed by atoms with Crippen molar-refractivity contribution in [1.29, 1.82) is 0 Å². The summed E-state index contributed by atoms with van der Waals surface area (Å²) in [5.41, 5.74) is -0.00568. The van der Waals surface area contributed by atoms with Gasteiger partial charge in [0.2, 0.25) is 5.43 Å². The molecule has 0 fully saturated rings. The number of hydrogen-bond acceptors (Lipinski definition) is 4. The summed E-state index contributed by atoms with van der Waals surface area (Å²) in [5.74, 6) is 0.586. The van der Waals surface area contributed by atoms with Crippen LogP contribution < -0.4 is 15.7 Å². The van der Waals surface area contributed by atoms with Crippen LogP contribution in [0.3, 0.4) is 0 Å². The van der Waals surface area contributed by atoms with Gasteiger partial charge in [-0.15, -0.1) is 12.4 Å². The second-order valence-corrected chi connectivity index (χ2v) is 4.39. The van der Waals surface area contributed by atoms with E-state index >= 15 is 0 Å². The lowest BCUT2D eigenvalue weighted by molar-refractivity contribution is 0.419. The van der Waals surface area contributed by atoms with Gasteiger partial charge in [-0.25, -0.2) is 0 Å². The van der Waals surface area contributed by atoms with Crippen LogP contribution in [-0.4, -0.2) is 16.5 Å². The van der Waals surface area contributed by atoms with Gasteiger partial charge in [0.1, 0.15) is 16.0 Å². The highest BCUT2D eigenvalue weighted by atomic mass is 35.5. The van der Waals surface area contributed by atoms with E-state index in [0.717, 1.165) is 11.5 Å². The van der Waals surface area contributed by atoms with Gasteiger partial charge < -0.3 is 9.72 Å². The largest absolute Gasteiger partial charge is 0.495 e. The number of H-pyrrole nitrogens is 2. The lowest BCUT2D eigenvalue weighted by Crippen LogP contribution is -2.11. The van der Waals surface area contributed by atoms with Crippen LogP contribution in [0.5, 0.6) is 5.75 Å². The predicted molar refractivity (Wildman–Crippen MR) is 74.4 cm³/mol. The Labute approximate surface area is 111 Å². The Kier molecular flexibility index (Phi) is 3.14. The number of ether oxygens (including phenoxy) is 1. The van der Waals surface area contributed by atoms with Gasteiger partial charge in [-0.05, 0) is 23.7 Å². The lowest BCUT2D eigenvalue weighted by atomic mass is 10.2. The summed E-state index contributed by atoms with van der Waals surface area (Å²) in [7, 11) is 1.54. The highest BCUT2D eigenvalue weighted by Crippen LogP contribution is 2.23. The Bertz CT molecular complexity index is 834. The number of halogens is 1. The van der Waals surface area contributed by atoms with Crippen LogP contribution in [0.15, 0.2) is 27.8 Å². The number of aromatic amines is 2. The third kappa shape index (κ3) is 1.61. The number of nitrogens with one attached hydrogen (secondary N) is 2. The van der Waals surface area contributed by atoms with E-state index in [9.17, 15) is 9.59 Å². The van der Waals surface area contributed by atoms with E-state index in [1.807, 2.05) is 0 Å². The minimum absolute atomic E-state index is 0. The summed E-state index contributed by atoms with van der Waals surface area (Å²) >= 11 is 1.11. The van der Waals surface area contributed by atoms with Crippen LogP contribution in [0.4, 0.5) is 0 Å². The zero-order chi connectivity index (χ0) is 12.0. The third-order valence-electron chi connectivity index (χ3n) is 2.66. The molecule has 0 aliphatic carbocycles. The monoisotopic (exact) mass is 284 g/mol. The Morgan fingerprint density at radius 2 is 2.06 bits per heavy atom. The smallest absolute Gasteiger partial charge is 0.271 e. The first-order chi connectivity index (χ1) is 8.22. The number of methoxy groups -OCH3 is 1. The van der Waals surface area contributed by atoms with Crippen molar-refractivity contribution in [2.75, 3.05) is 7.11 Å². The number of pyridine rings is 1. The molecule has 2 heterocycles. The lowest BCUT2D eigenvalue weighted by Gasteiger charge is -2.04. The summed E-state index contributed by atoms with van der Waals surface area (Å²) in [5, 5.41) is 0.636. The molecule has 5 nitrogen and oxygen atoms in total. The van der Waals surface area contributed by atoms with Crippen molar-refractivity contribution in [2.24, 2.45) is 0 Å². The molecule has 0 saturated heterocycles. The minimum Gasteiger partial charge on any atom is -0.495 e. The number of fused-ring (bicyclic) bond motifs is 2. The predicted octanol–water partition coefficient (Wildman–Crippen LogP) is 1.86. The van der Waals surface area contributed by atoms with Crippen LogP contribution >= 0.6 is 23.9 Å². The quantitative estimate of drug-likeness (QED) is 0.716. The van der Waals surface area contributed by atoms with Crippen molar-refractivity contribution >= 4 is 45.1 Å². The van der Waals surface area contributed by atoms with Crippen molar-refractivity contribution in [2.45, 2.75) is 0 Å². The molecule has 2 N–H and O–H groups in total. The Hall–Kier alpha value is -1.79. The van der Waals surface area contributed by atoms with Crippen LogP contribution in [0.2, 0.25) is 0 Å². The van der Waals surface area contributed by atoms with Crippen molar-refractivity contribution in [3.05, 3.63) is 38.8 Å². The maximum Gasteiger partial charge on any atom is 0.271 e. The van der Waals surface area contributed by atoms with E-state index in [-0.39, 0.29) is 28.8 Å². The fourth-order valence-electron chi connectivity index (χ4n) is 1.86.